The van der Waals surface area contributed by atoms with Gasteiger partial charge < -0.3 is 15.8 Å². The SMILES string of the molecule is CCOC(=O)/C(NC(C)=O)=C(/N)SC. The fraction of sp³-hybridized carbons (Fsp3) is 0.500. The Morgan fingerprint density at radius 1 is 1.50 bits per heavy atom. The van der Waals surface area contributed by atoms with Crippen LogP contribution in [0, 0.1) is 0 Å². The largest absolute Gasteiger partial charge is 0.461 e. The average Bonchev–Trinajstić information content (AvgIpc) is 2.13. The Hall–Kier alpha value is -1.17. The summed E-state index contributed by atoms with van der Waals surface area (Å²) in [5.41, 5.74) is 5.53. The number of nitrogens with one attached hydrogen (secondary N) is 1. The lowest BCUT2D eigenvalue weighted by molar-refractivity contribution is -0.140. The van der Waals surface area contributed by atoms with Crippen LogP contribution in [0.5, 0.6) is 0 Å². The van der Waals surface area contributed by atoms with Gasteiger partial charge in [0.25, 0.3) is 0 Å². The Bertz CT molecular complexity index is 263. The third-order valence-electron chi connectivity index (χ3n) is 1.25. The van der Waals surface area contributed by atoms with Gasteiger partial charge in [0.2, 0.25) is 5.91 Å². The molecule has 0 saturated heterocycles. The van der Waals surface area contributed by atoms with E-state index in [0.29, 0.717) is 0 Å². The van der Waals surface area contributed by atoms with Crippen LogP contribution in [0.3, 0.4) is 0 Å². The zero-order valence-corrected chi connectivity index (χ0v) is 9.23. The summed E-state index contributed by atoms with van der Waals surface area (Å²) in [7, 11) is 0. The van der Waals surface area contributed by atoms with Crippen molar-refractivity contribution >= 4 is 23.6 Å². The summed E-state index contributed by atoms with van der Waals surface area (Å²) in [5.74, 6) is -0.973. The number of rotatable bonds is 4. The van der Waals surface area contributed by atoms with Crippen molar-refractivity contribution in [2.45, 2.75) is 13.8 Å². The molecule has 0 unspecified atom stereocenters. The van der Waals surface area contributed by atoms with E-state index < -0.39 is 5.97 Å². The second-order valence-corrected chi connectivity index (χ2v) is 3.19. The summed E-state index contributed by atoms with van der Waals surface area (Å²) in [6, 6.07) is 0. The highest BCUT2D eigenvalue weighted by molar-refractivity contribution is 8.02. The summed E-state index contributed by atoms with van der Waals surface area (Å²) < 4.78 is 4.72. The molecule has 0 spiro atoms. The number of amides is 1. The van der Waals surface area contributed by atoms with E-state index >= 15 is 0 Å². The summed E-state index contributed by atoms with van der Waals surface area (Å²) in [6.07, 6.45) is 1.70. The lowest BCUT2D eigenvalue weighted by Gasteiger charge is -2.09. The first-order valence-corrected chi connectivity index (χ1v) is 5.23. The second kappa shape index (κ2) is 6.31. The topological polar surface area (TPSA) is 81.4 Å². The smallest absolute Gasteiger partial charge is 0.357 e. The highest BCUT2D eigenvalue weighted by Crippen LogP contribution is 2.09. The van der Waals surface area contributed by atoms with Gasteiger partial charge in [-0.25, -0.2) is 4.79 Å². The number of carbonyl (C=O) groups is 2. The molecule has 80 valence electrons. The summed E-state index contributed by atoms with van der Waals surface area (Å²) in [5, 5.41) is 2.57. The summed E-state index contributed by atoms with van der Waals surface area (Å²) >= 11 is 1.17. The minimum Gasteiger partial charge on any atom is -0.461 e. The van der Waals surface area contributed by atoms with E-state index in [4.69, 9.17) is 10.5 Å². The first-order chi connectivity index (χ1) is 6.52. The number of nitrogens with two attached hydrogens (primary N) is 1. The van der Waals surface area contributed by atoms with Crippen LogP contribution in [0.25, 0.3) is 0 Å². The van der Waals surface area contributed by atoms with Gasteiger partial charge >= 0.3 is 5.97 Å². The van der Waals surface area contributed by atoms with E-state index in [1.54, 1.807) is 13.2 Å². The molecule has 1 amide bonds. The molecule has 3 N–H and O–H groups in total. The minimum atomic E-state index is -0.616. The standard InChI is InChI=1S/C8H14N2O3S/c1-4-13-8(12)6(7(9)14-3)10-5(2)11/h4,9H2,1-3H3,(H,10,11)/b7-6+. The predicted octanol–water partition coefficient (Wildman–Crippen LogP) is 0.176. The molecule has 0 radical (unpaired) electrons. The van der Waals surface area contributed by atoms with Gasteiger partial charge in [0.05, 0.1) is 11.6 Å². The molecule has 0 aliphatic carbocycles. The van der Waals surface area contributed by atoms with Crippen LogP contribution in [-0.4, -0.2) is 24.7 Å². The molecule has 0 aromatic carbocycles. The molecule has 0 aromatic heterocycles. The quantitative estimate of drug-likeness (QED) is 0.519. The van der Waals surface area contributed by atoms with Crippen LogP contribution in [0.2, 0.25) is 0 Å². The van der Waals surface area contributed by atoms with Crippen molar-refractivity contribution < 1.29 is 14.3 Å². The van der Waals surface area contributed by atoms with Gasteiger partial charge in [-0.15, -0.1) is 11.8 Å². The van der Waals surface area contributed by atoms with E-state index in [1.807, 2.05) is 0 Å². The van der Waals surface area contributed by atoms with Crippen LogP contribution in [0.1, 0.15) is 13.8 Å². The Morgan fingerprint density at radius 3 is 2.43 bits per heavy atom. The maximum Gasteiger partial charge on any atom is 0.357 e. The van der Waals surface area contributed by atoms with Crippen molar-refractivity contribution in [1.29, 1.82) is 0 Å². The molecule has 0 aromatic rings. The fourth-order valence-electron chi connectivity index (χ4n) is 0.695. The monoisotopic (exact) mass is 218 g/mol. The number of ether oxygens (including phenoxy) is 1. The van der Waals surface area contributed by atoms with E-state index in [1.165, 1.54) is 18.7 Å². The van der Waals surface area contributed by atoms with Crippen molar-refractivity contribution in [2.24, 2.45) is 5.73 Å². The van der Waals surface area contributed by atoms with Crippen LogP contribution in [-0.2, 0) is 14.3 Å². The van der Waals surface area contributed by atoms with E-state index in [-0.39, 0.29) is 23.2 Å². The molecule has 0 heterocycles. The van der Waals surface area contributed by atoms with E-state index in [0.717, 1.165) is 0 Å². The van der Waals surface area contributed by atoms with Crippen LogP contribution >= 0.6 is 11.8 Å². The van der Waals surface area contributed by atoms with Gasteiger partial charge in [0.15, 0.2) is 5.70 Å². The Labute approximate surface area is 87.1 Å². The normalized spacial score (nSPS) is 11.6. The first-order valence-electron chi connectivity index (χ1n) is 4.01. The van der Waals surface area contributed by atoms with Gasteiger partial charge in [0, 0.05) is 6.92 Å². The molecular weight excluding hydrogens is 204 g/mol. The van der Waals surface area contributed by atoms with Gasteiger partial charge in [-0.1, -0.05) is 0 Å². The maximum atomic E-state index is 11.3. The second-order valence-electron chi connectivity index (χ2n) is 2.35. The predicted molar refractivity (Wildman–Crippen MR) is 55.2 cm³/mol. The Morgan fingerprint density at radius 2 is 2.07 bits per heavy atom. The highest BCUT2D eigenvalue weighted by atomic mass is 32.2. The molecule has 14 heavy (non-hydrogen) atoms. The van der Waals surface area contributed by atoms with E-state index in [2.05, 4.69) is 5.32 Å². The number of thioether (sulfide) groups is 1. The zero-order valence-electron chi connectivity index (χ0n) is 8.42. The minimum absolute atomic E-state index is 0.00634. The zero-order chi connectivity index (χ0) is 11.1. The van der Waals surface area contributed by atoms with Gasteiger partial charge in [0.1, 0.15) is 0 Å². The molecule has 5 nitrogen and oxygen atoms in total. The third-order valence-corrected chi connectivity index (χ3v) is 1.89. The average molecular weight is 218 g/mol. The van der Waals surface area contributed by atoms with Crippen LogP contribution in [0.15, 0.2) is 10.7 Å². The Kier molecular flexibility index (Phi) is 5.78. The van der Waals surface area contributed by atoms with Gasteiger partial charge in [-0.3, -0.25) is 4.79 Å². The number of carbonyl (C=O) groups excluding carboxylic acids is 2. The van der Waals surface area contributed by atoms with Gasteiger partial charge in [-0.2, -0.15) is 0 Å². The van der Waals surface area contributed by atoms with Gasteiger partial charge in [-0.05, 0) is 13.2 Å². The molecule has 0 rings (SSSR count). The molecular formula is C8H14N2O3S. The summed E-state index contributed by atoms with van der Waals surface area (Å²) in [4.78, 5) is 22.1. The number of esters is 1. The lowest BCUT2D eigenvalue weighted by atomic mass is 10.4. The van der Waals surface area contributed by atoms with Crippen LogP contribution < -0.4 is 11.1 Å². The highest BCUT2D eigenvalue weighted by Gasteiger charge is 2.15. The maximum absolute atomic E-state index is 11.3. The molecule has 0 aliphatic rings. The van der Waals surface area contributed by atoms with Crippen molar-refractivity contribution in [2.75, 3.05) is 12.9 Å². The number of hydrogen-bond donors (Lipinski definition) is 2. The molecule has 0 fully saturated rings. The van der Waals surface area contributed by atoms with Crippen LogP contribution in [0.4, 0.5) is 0 Å². The van der Waals surface area contributed by atoms with Crippen molar-refractivity contribution in [3.8, 4) is 0 Å². The molecule has 0 saturated carbocycles. The van der Waals surface area contributed by atoms with Crippen molar-refractivity contribution in [3.63, 3.8) is 0 Å². The fourth-order valence-corrected chi connectivity index (χ4v) is 1.03. The van der Waals surface area contributed by atoms with Crippen molar-refractivity contribution in [3.05, 3.63) is 10.7 Å². The first kappa shape index (κ1) is 12.8. The Balaban J connectivity index is 4.72. The lowest BCUT2D eigenvalue weighted by Crippen LogP contribution is -2.29. The summed E-state index contributed by atoms with van der Waals surface area (Å²) in [6.45, 7) is 3.22. The molecule has 0 atom stereocenters. The molecule has 6 heteroatoms. The number of hydrogen-bond acceptors (Lipinski definition) is 5. The van der Waals surface area contributed by atoms with E-state index in [9.17, 15) is 9.59 Å². The molecule has 0 aliphatic heterocycles. The third kappa shape index (κ3) is 4.18. The molecule has 0 bridgehead atoms. The van der Waals surface area contributed by atoms with Crippen molar-refractivity contribution in [1.82, 2.24) is 5.32 Å².